The number of nitrogen functional groups attached to an aromatic ring is 1. The molecule has 1 aliphatic heterocycles. The molecule has 1 amide bonds. The Morgan fingerprint density at radius 3 is 2.90 bits per heavy atom. The molecule has 30 heavy (non-hydrogen) atoms. The van der Waals surface area contributed by atoms with Gasteiger partial charge in [-0.2, -0.15) is 0 Å². The molecule has 1 fully saturated rings. The van der Waals surface area contributed by atoms with Gasteiger partial charge in [0.05, 0.1) is 17.6 Å². The van der Waals surface area contributed by atoms with Crippen molar-refractivity contribution in [1.29, 1.82) is 0 Å². The number of thiazole rings is 1. The highest BCUT2D eigenvalue weighted by molar-refractivity contribution is 7.19. The van der Waals surface area contributed by atoms with Crippen LogP contribution >= 0.6 is 11.3 Å². The first kappa shape index (κ1) is 20.2. The highest BCUT2D eigenvalue weighted by Gasteiger charge is 2.23. The third-order valence-electron chi connectivity index (χ3n) is 4.87. The third-order valence-corrected chi connectivity index (χ3v) is 5.79. The maximum Gasteiger partial charge on any atom is 0.277 e. The Morgan fingerprint density at radius 2 is 2.13 bits per heavy atom. The molecule has 0 bridgehead atoms. The maximum atomic E-state index is 14.1. The van der Waals surface area contributed by atoms with Crippen LogP contribution in [-0.2, 0) is 0 Å². The minimum Gasteiger partial charge on any atom is -0.389 e. The Kier molecular flexibility index (Phi) is 5.60. The van der Waals surface area contributed by atoms with E-state index in [4.69, 9.17) is 11.5 Å². The molecule has 0 unspecified atom stereocenters. The smallest absolute Gasteiger partial charge is 0.277 e. The molecule has 1 saturated heterocycles. The van der Waals surface area contributed by atoms with Gasteiger partial charge in [0.2, 0.25) is 0 Å². The van der Waals surface area contributed by atoms with E-state index in [1.807, 2.05) is 6.07 Å². The van der Waals surface area contributed by atoms with Crippen LogP contribution in [0.5, 0.6) is 0 Å². The van der Waals surface area contributed by atoms with Crippen molar-refractivity contribution >= 4 is 33.6 Å². The second kappa shape index (κ2) is 8.33. The van der Waals surface area contributed by atoms with Crippen LogP contribution in [-0.4, -0.2) is 35.0 Å². The number of amides is 1. The fourth-order valence-electron chi connectivity index (χ4n) is 3.44. The van der Waals surface area contributed by atoms with Gasteiger partial charge in [-0.15, -0.1) is 0 Å². The molecular formula is C20H20F2N6OS. The number of nitrogens with one attached hydrogen (secondary N) is 1. The van der Waals surface area contributed by atoms with Crippen molar-refractivity contribution < 1.29 is 13.6 Å². The molecule has 10 heteroatoms. The van der Waals surface area contributed by atoms with Crippen LogP contribution in [0, 0.1) is 11.6 Å². The third kappa shape index (κ3) is 4.10. The summed E-state index contributed by atoms with van der Waals surface area (Å²) in [6, 6.07) is 5.04. The molecule has 0 saturated carbocycles. The number of carbonyl (C=O) groups is 1. The van der Waals surface area contributed by atoms with Crippen LogP contribution in [0.2, 0.25) is 0 Å². The van der Waals surface area contributed by atoms with Gasteiger partial charge in [0, 0.05) is 37.0 Å². The van der Waals surface area contributed by atoms with Crippen LogP contribution in [0.4, 0.5) is 25.2 Å². The first-order chi connectivity index (χ1) is 14.4. The molecule has 0 aliphatic carbocycles. The molecule has 1 atom stereocenters. The van der Waals surface area contributed by atoms with Crippen LogP contribution in [0.15, 0.2) is 36.7 Å². The molecular weight excluding hydrogens is 410 g/mol. The Morgan fingerprint density at radius 1 is 1.30 bits per heavy atom. The molecule has 2 aromatic heterocycles. The zero-order chi connectivity index (χ0) is 21.3. The number of hydrogen-bond donors (Lipinski definition) is 3. The Labute approximate surface area is 175 Å². The first-order valence-corrected chi connectivity index (χ1v) is 10.2. The molecule has 0 spiro atoms. The quantitative estimate of drug-likeness (QED) is 0.586. The number of aromatic nitrogens is 2. The van der Waals surface area contributed by atoms with E-state index >= 15 is 0 Å². The summed E-state index contributed by atoms with van der Waals surface area (Å²) in [6.45, 7) is 1.51. The summed E-state index contributed by atoms with van der Waals surface area (Å²) >= 11 is 0.960. The normalized spacial score (nSPS) is 16.5. The Balaban J connectivity index is 1.59. The summed E-state index contributed by atoms with van der Waals surface area (Å²) in [5, 5.41) is 3.13. The SMILES string of the molecule is Nc1sc(-c2ccc(F)cc2F)nc1C(=O)Nc1cnccc1N1CCC[C@H](N)C1. The van der Waals surface area contributed by atoms with E-state index in [0.717, 1.165) is 48.5 Å². The second-order valence-corrected chi connectivity index (χ2v) is 8.08. The van der Waals surface area contributed by atoms with Crippen LogP contribution in [0.25, 0.3) is 10.6 Å². The monoisotopic (exact) mass is 430 g/mol. The van der Waals surface area contributed by atoms with Crippen LogP contribution in [0.3, 0.4) is 0 Å². The summed E-state index contributed by atoms with van der Waals surface area (Å²) in [6.07, 6.45) is 5.12. The molecule has 7 nitrogen and oxygen atoms in total. The van der Waals surface area contributed by atoms with E-state index in [-0.39, 0.29) is 27.3 Å². The number of halogens is 2. The summed E-state index contributed by atoms with van der Waals surface area (Å²) in [5.74, 6) is -2.00. The maximum absolute atomic E-state index is 14.1. The molecule has 156 valence electrons. The Hall–Kier alpha value is -3.11. The fourth-order valence-corrected chi connectivity index (χ4v) is 4.30. The lowest BCUT2D eigenvalue weighted by Crippen LogP contribution is -2.43. The molecule has 1 aromatic carbocycles. The van der Waals surface area contributed by atoms with E-state index in [0.29, 0.717) is 12.2 Å². The minimum atomic E-state index is -0.772. The summed E-state index contributed by atoms with van der Waals surface area (Å²) < 4.78 is 27.2. The van der Waals surface area contributed by atoms with Gasteiger partial charge in [-0.05, 0) is 31.0 Å². The lowest BCUT2D eigenvalue weighted by atomic mass is 10.1. The van der Waals surface area contributed by atoms with E-state index in [9.17, 15) is 13.6 Å². The van der Waals surface area contributed by atoms with Crippen molar-refractivity contribution in [3.63, 3.8) is 0 Å². The summed E-state index contributed by atoms with van der Waals surface area (Å²) in [5.41, 5.74) is 13.4. The lowest BCUT2D eigenvalue weighted by Gasteiger charge is -2.33. The van der Waals surface area contributed by atoms with Crippen molar-refractivity contribution in [3.8, 4) is 10.6 Å². The molecule has 4 rings (SSSR count). The van der Waals surface area contributed by atoms with E-state index in [1.54, 1.807) is 12.4 Å². The van der Waals surface area contributed by atoms with Crippen molar-refractivity contribution in [1.82, 2.24) is 9.97 Å². The topological polar surface area (TPSA) is 110 Å². The molecule has 1 aliphatic rings. The number of hydrogen-bond acceptors (Lipinski definition) is 7. The van der Waals surface area contributed by atoms with Gasteiger partial charge < -0.3 is 21.7 Å². The van der Waals surface area contributed by atoms with Gasteiger partial charge in [-0.1, -0.05) is 11.3 Å². The molecule has 3 aromatic rings. The number of anilines is 3. The largest absolute Gasteiger partial charge is 0.389 e. The van der Waals surface area contributed by atoms with Crippen molar-refractivity contribution in [2.75, 3.05) is 29.0 Å². The number of rotatable bonds is 4. The molecule has 5 N–H and O–H groups in total. The van der Waals surface area contributed by atoms with Gasteiger partial charge in [-0.25, -0.2) is 13.8 Å². The highest BCUT2D eigenvalue weighted by Crippen LogP contribution is 2.33. The van der Waals surface area contributed by atoms with Gasteiger partial charge in [0.25, 0.3) is 5.91 Å². The average Bonchev–Trinajstić information content (AvgIpc) is 3.10. The summed E-state index contributed by atoms with van der Waals surface area (Å²) in [7, 11) is 0. The van der Waals surface area contributed by atoms with Crippen LogP contribution < -0.4 is 21.7 Å². The number of carbonyl (C=O) groups excluding carboxylic acids is 1. The predicted molar refractivity (Wildman–Crippen MR) is 113 cm³/mol. The predicted octanol–water partition coefficient (Wildman–Crippen LogP) is 3.25. The molecule has 3 heterocycles. The highest BCUT2D eigenvalue weighted by atomic mass is 32.1. The number of pyridine rings is 1. The van der Waals surface area contributed by atoms with E-state index in [1.165, 1.54) is 6.07 Å². The van der Waals surface area contributed by atoms with Gasteiger partial charge in [-0.3, -0.25) is 9.78 Å². The van der Waals surface area contributed by atoms with Crippen molar-refractivity contribution in [2.45, 2.75) is 18.9 Å². The minimum absolute atomic E-state index is 0.0242. The zero-order valence-corrected chi connectivity index (χ0v) is 16.8. The lowest BCUT2D eigenvalue weighted by molar-refractivity contribution is 0.102. The van der Waals surface area contributed by atoms with E-state index in [2.05, 4.69) is 20.2 Å². The van der Waals surface area contributed by atoms with E-state index < -0.39 is 17.5 Å². The Bertz CT molecular complexity index is 1090. The number of nitrogens with zero attached hydrogens (tertiary/aromatic N) is 3. The standard InChI is InChI=1S/C20H20F2N6OS/c21-11-3-4-13(14(22)8-11)20-27-17(18(24)30-20)19(29)26-15-9-25-6-5-16(15)28-7-1-2-12(23)10-28/h3-6,8-9,12H,1-2,7,10,23-24H2,(H,26,29)/t12-/m0/s1. The fraction of sp³-hybridized carbons (Fsp3) is 0.250. The number of nitrogens with two attached hydrogens (primary N) is 2. The van der Waals surface area contributed by atoms with Crippen molar-refractivity contribution in [3.05, 3.63) is 54.0 Å². The van der Waals surface area contributed by atoms with Crippen molar-refractivity contribution in [2.24, 2.45) is 5.73 Å². The summed E-state index contributed by atoms with van der Waals surface area (Å²) in [4.78, 5) is 23.2. The molecule has 0 radical (unpaired) electrons. The van der Waals surface area contributed by atoms with Gasteiger partial charge in [0.1, 0.15) is 21.6 Å². The van der Waals surface area contributed by atoms with Gasteiger partial charge >= 0.3 is 0 Å². The first-order valence-electron chi connectivity index (χ1n) is 9.40. The van der Waals surface area contributed by atoms with Crippen LogP contribution in [0.1, 0.15) is 23.3 Å². The zero-order valence-electron chi connectivity index (χ0n) is 15.9. The van der Waals surface area contributed by atoms with Gasteiger partial charge in [0.15, 0.2) is 5.69 Å². The second-order valence-electron chi connectivity index (χ2n) is 7.05. The average molecular weight is 430 g/mol. The number of piperidine rings is 1. The number of benzene rings is 1.